The van der Waals surface area contributed by atoms with E-state index in [2.05, 4.69) is 21.2 Å². The van der Waals surface area contributed by atoms with Crippen LogP contribution in [0.15, 0.2) is 48.7 Å². The van der Waals surface area contributed by atoms with Crippen LogP contribution >= 0.6 is 12.2 Å². The van der Waals surface area contributed by atoms with Gasteiger partial charge < -0.3 is 5.32 Å². The molecule has 1 aromatic carbocycles. The molecular formula is C12H11FN4S. The second-order valence-corrected chi connectivity index (χ2v) is 3.83. The lowest BCUT2D eigenvalue weighted by molar-refractivity contribution is 0.628. The van der Waals surface area contributed by atoms with Crippen molar-refractivity contribution in [3.8, 4) is 0 Å². The minimum absolute atomic E-state index is 0.286. The number of rotatable bonds is 3. The molecule has 0 spiro atoms. The third kappa shape index (κ3) is 3.67. The van der Waals surface area contributed by atoms with Gasteiger partial charge in [0.05, 0.1) is 0 Å². The number of thiocarbonyl (C=S) groups is 1. The lowest BCUT2D eigenvalue weighted by Gasteiger charge is -2.11. The molecule has 1 aromatic heterocycles. The molecule has 0 unspecified atom stereocenters. The zero-order valence-electron chi connectivity index (χ0n) is 9.35. The Morgan fingerprint density at radius 2 is 1.89 bits per heavy atom. The third-order valence-electron chi connectivity index (χ3n) is 2.07. The highest BCUT2D eigenvalue weighted by Gasteiger charge is 1.97. The number of aromatic nitrogens is 1. The van der Waals surface area contributed by atoms with Crippen LogP contribution in [0, 0.1) is 5.82 Å². The minimum atomic E-state index is -0.286. The Morgan fingerprint density at radius 3 is 2.56 bits per heavy atom. The average molecular weight is 262 g/mol. The molecule has 3 N–H and O–H groups in total. The second-order valence-electron chi connectivity index (χ2n) is 3.43. The molecule has 0 aliphatic heterocycles. The Balaban J connectivity index is 1.84. The highest BCUT2D eigenvalue weighted by atomic mass is 32.1. The van der Waals surface area contributed by atoms with Gasteiger partial charge in [0.2, 0.25) is 0 Å². The van der Waals surface area contributed by atoms with Gasteiger partial charge in [-0.25, -0.2) is 9.37 Å². The van der Waals surface area contributed by atoms with E-state index in [4.69, 9.17) is 12.2 Å². The zero-order valence-corrected chi connectivity index (χ0v) is 10.2. The summed E-state index contributed by atoms with van der Waals surface area (Å²) in [6.45, 7) is 0. The molecule has 1 heterocycles. The van der Waals surface area contributed by atoms with Gasteiger partial charge in [-0.05, 0) is 48.6 Å². The lowest BCUT2D eigenvalue weighted by atomic mass is 10.3. The molecule has 0 bridgehead atoms. The fourth-order valence-electron chi connectivity index (χ4n) is 1.25. The molecule has 6 heteroatoms. The van der Waals surface area contributed by atoms with Crippen LogP contribution in [-0.2, 0) is 0 Å². The van der Waals surface area contributed by atoms with Gasteiger partial charge in [0.25, 0.3) is 0 Å². The molecular weight excluding hydrogens is 251 g/mol. The summed E-state index contributed by atoms with van der Waals surface area (Å²) in [6, 6.07) is 11.4. The first kappa shape index (κ1) is 12.3. The molecule has 0 saturated heterocycles. The van der Waals surface area contributed by atoms with E-state index in [1.54, 1.807) is 24.4 Å². The summed E-state index contributed by atoms with van der Waals surface area (Å²) in [5.74, 6) is 0.367. The SMILES string of the molecule is Fc1ccc(NC(=S)NNc2ccccn2)cc1. The molecule has 2 aromatic rings. The maximum atomic E-state index is 12.7. The van der Waals surface area contributed by atoms with Crippen molar-refractivity contribution < 1.29 is 4.39 Å². The quantitative estimate of drug-likeness (QED) is 0.586. The molecule has 0 atom stereocenters. The van der Waals surface area contributed by atoms with Crippen molar-refractivity contribution in [2.24, 2.45) is 0 Å². The van der Waals surface area contributed by atoms with Crippen molar-refractivity contribution in [2.75, 3.05) is 10.7 Å². The van der Waals surface area contributed by atoms with E-state index in [1.165, 1.54) is 12.1 Å². The Kier molecular flexibility index (Phi) is 4.03. The number of nitrogens with one attached hydrogen (secondary N) is 3. The van der Waals surface area contributed by atoms with Gasteiger partial charge in [0.15, 0.2) is 5.11 Å². The molecule has 4 nitrogen and oxygen atoms in total. The van der Waals surface area contributed by atoms with Gasteiger partial charge in [-0.1, -0.05) is 6.07 Å². The first-order valence-corrected chi connectivity index (χ1v) is 5.64. The van der Waals surface area contributed by atoms with Gasteiger partial charge >= 0.3 is 0 Å². The molecule has 0 amide bonds. The predicted octanol–water partition coefficient (Wildman–Crippen LogP) is 2.53. The third-order valence-corrected chi connectivity index (χ3v) is 2.28. The van der Waals surface area contributed by atoms with Crippen LogP contribution in [0.25, 0.3) is 0 Å². The van der Waals surface area contributed by atoms with Crippen LogP contribution in [0.3, 0.4) is 0 Å². The van der Waals surface area contributed by atoms with Crippen LogP contribution in [0.5, 0.6) is 0 Å². The topological polar surface area (TPSA) is 49.0 Å². The largest absolute Gasteiger partial charge is 0.331 e. The Bertz CT molecular complexity index is 515. The number of pyridine rings is 1. The minimum Gasteiger partial charge on any atom is -0.331 e. The summed E-state index contributed by atoms with van der Waals surface area (Å²) in [5, 5.41) is 3.27. The summed E-state index contributed by atoms with van der Waals surface area (Å²) < 4.78 is 12.7. The van der Waals surface area contributed by atoms with Gasteiger partial charge in [-0.2, -0.15) is 0 Å². The van der Waals surface area contributed by atoms with E-state index in [1.807, 2.05) is 12.1 Å². The Labute approximate surface area is 109 Å². The highest BCUT2D eigenvalue weighted by Crippen LogP contribution is 2.07. The monoisotopic (exact) mass is 262 g/mol. The van der Waals surface area contributed by atoms with E-state index < -0.39 is 0 Å². The van der Waals surface area contributed by atoms with Crippen molar-refractivity contribution in [3.63, 3.8) is 0 Å². The summed E-state index contributed by atoms with van der Waals surface area (Å²) >= 11 is 5.06. The maximum absolute atomic E-state index is 12.7. The number of benzene rings is 1. The first-order chi connectivity index (χ1) is 8.74. The van der Waals surface area contributed by atoms with Crippen molar-refractivity contribution >= 4 is 28.8 Å². The number of halogens is 1. The van der Waals surface area contributed by atoms with Crippen LogP contribution in [0.1, 0.15) is 0 Å². The summed E-state index contributed by atoms with van der Waals surface area (Å²) in [6.07, 6.45) is 1.67. The van der Waals surface area contributed by atoms with Gasteiger partial charge in [0.1, 0.15) is 11.6 Å². The van der Waals surface area contributed by atoms with Crippen molar-refractivity contribution in [1.82, 2.24) is 10.4 Å². The molecule has 92 valence electrons. The fraction of sp³-hybridized carbons (Fsp3) is 0. The normalized spacial score (nSPS) is 9.61. The molecule has 18 heavy (non-hydrogen) atoms. The Morgan fingerprint density at radius 1 is 1.11 bits per heavy atom. The second kappa shape index (κ2) is 5.92. The van der Waals surface area contributed by atoms with Crippen LogP contribution in [-0.4, -0.2) is 10.1 Å². The fourth-order valence-corrected chi connectivity index (χ4v) is 1.42. The number of hydrogen-bond donors (Lipinski definition) is 3. The van der Waals surface area contributed by atoms with Crippen molar-refractivity contribution in [1.29, 1.82) is 0 Å². The van der Waals surface area contributed by atoms with Crippen LogP contribution < -0.4 is 16.2 Å². The van der Waals surface area contributed by atoms with Crippen molar-refractivity contribution in [2.45, 2.75) is 0 Å². The summed E-state index contributed by atoms with van der Waals surface area (Å²) in [4.78, 5) is 4.06. The molecule has 0 aliphatic rings. The van der Waals surface area contributed by atoms with E-state index in [0.717, 1.165) is 0 Å². The number of hydrogen-bond acceptors (Lipinski definition) is 3. The predicted molar refractivity (Wildman–Crippen MR) is 73.6 cm³/mol. The summed E-state index contributed by atoms with van der Waals surface area (Å²) in [7, 11) is 0. The molecule has 0 fully saturated rings. The average Bonchev–Trinajstić information content (AvgIpc) is 2.40. The highest BCUT2D eigenvalue weighted by molar-refractivity contribution is 7.80. The number of hydrazine groups is 1. The van der Waals surface area contributed by atoms with E-state index in [0.29, 0.717) is 16.6 Å². The first-order valence-electron chi connectivity index (χ1n) is 5.23. The van der Waals surface area contributed by atoms with E-state index in [-0.39, 0.29) is 5.82 Å². The smallest absolute Gasteiger partial charge is 0.189 e. The lowest BCUT2D eigenvalue weighted by Crippen LogP contribution is -2.33. The van der Waals surface area contributed by atoms with Crippen molar-refractivity contribution in [3.05, 3.63) is 54.5 Å². The molecule has 0 saturated carbocycles. The Hall–Kier alpha value is -2.21. The molecule has 0 aliphatic carbocycles. The van der Waals surface area contributed by atoms with Gasteiger partial charge in [0, 0.05) is 11.9 Å². The maximum Gasteiger partial charge on any atom is 0.189 e. The summed E-state index contributed by atoms with van der Waals surface area (Å²) in [5.41, 5.74) is 6.32. The van der Waals surface area contributed by atoms with Crippen LogP contribution in [0.2, 0.25) is 0 Å². The van der Waals surface area contributed by atoms with E-state index in [9.17, 15) is 4.39 Å². The van der Waals surface area contributed by atoms with Gasteiger partial charge in [-0.3, -0.25) is 10.9 Å². The molecule has 0 radical (unpaired) electrons. The van der Waals surface area contributed by atoms with Crippen LogP contribution in [0.4, 0.5) is 15.9 Å². The van der Waals surface area contributed by atoms with E-state index >= 15 is 0 Å². The molecule has 2 rings (SSSR count). The van der Waals surface area contributed by atoms with Gasteiger partial charge in [-0.15, -0.1) is 0 Å². The standard InChI is InChI=1S/C12H11FN4S/c13-9-4-6-10(7-5-9)15-12(18)17-16-11-3-1-2-8-14-11/h1-8H,(H,14,16)(H2,15,17,18). The number of nitrogens with zero attached hydrogens (tertiary/aromatic N) is 1. The zero-order chi connectivity index (χ0) is 12.8. The number of anilines is 2.